The van der Waals surface area contributed by atoms with Gasteiger partial charge < -0.3 is 0 Å². The molecule has 0 fully saturated rings. The lowest BCUT2D eigenvalue weighted by Gasteiger charge is -2.12. The number of aromatic nitrogens is 1. The first-order chi connectivity index (χ1) is 11.5. The van der Waals surface area contributed by atoms with Gasteiger partial charge in [0.25, 0.3) is 10.0 Å². The first-order valence-corrected chi connectivity index (χ1v) is 9.26. The summed E-state index contributed by atoms with van der Waals surface area (Å²) in [5, 5.41) is 9.63. The number of hydrogen-bond donors (Lipinski definition) is 0. The molecule has 0 radical (unpaired) electrons. The van der Waals surface area contributed by atoms with Crippen molar-refractivity contribution in [2.75, 3.05) is 0 Å². The zero-order valence-corrected chi connectivity index (χ0v) is 14.3. The summed E-state index contributed by atoms with van der Waals surface area (Å²) in [7, 11) is -3.67. The predicted molar refractivity (Wildman–Crippen MR) is 94.3 cm³/mol. The van der Waals surface area contributed by atoms with Gasteiger partial charge in [-0.1, -0.05) is 35.9 Å². The molecule has 0 bridgehead atoms. The molecule has 5 heteroatoms. The molecule has 3 aromatic rings. The Labute approximate surface area is 142 Å². The molecule has 4 nitrogen and oxygen atoms in total. The maximum Gasteiger partial charge on any atom is 0.268 e. The molecule has 0 aliphatic carbocycles. The van der Waals surface area contributed by atoms with E-state index in [4.69, 9.17) is 5.26 Å². The van der Waals surface area contributed by atoms with E-state index in [9.17, 15) is 8.42 Å². The van der Waals surface area contributed by atoms with Crippen LogP contribution < -0.4 is 0 Å². The molecule has 0 N–H and O–H groups in total. The van der Waals surface area contributed by atoms with Gasteiger partial charge in [-0.05, 0) is 44.0 Å². The Morgan fingerprint density at radius 2 is 1.79 bits per heavy atom. The van der Waals surface area contributed by atoms with Crippen LogP contribution in [0.4, 0.5) is 0 Å². The van der Waals surface area contributed by atoms with Gasteiger partial charge in [0.1, 0.15) is 0 Å². The van der Waals surface area contributed by atoms with E-state index in [1.54, 1.807) is 24.3 Å². The molecule has 0 spiro atoms. The normalized spacial score (nSPS) is 11.5. The number of fused-ring (bicyclic) bond motifs is 1. The molecule has 1 heterocycles. The number of benzene rings is 2. The van der Waals surface area contributed by atoms with Gasteiger partial charge >= 0.3 is 0 Å². The summed E-state index contributed by atoms with van der Waals surface area (Å²) in [6, 6.07) is 18.3. The Morgan fingerprint density at radius 1 is 1.08 bits per heavy atom. The summed E-state index contributed by atoms with van der Waals surface area (Å²) in [4.78, 5) is 0.274. The van der Waals surface area contributed by atoms with E-state index in [0.29, 0.717) is 30.5 Å². The maximum atomic E-state index is 13.2. The molecule has 0 aliphatic rings. The van der Waals surface area contributed by atoms with Crippen molar-refractivity contribution >= 4 is 20.9 Å². The summed E-state index contributed by atoms with van der Waals surface area (Å²) in [5.41, 5.74) is 2.40. The van der Waals surface area contributed by atoms with E-state index >= 15 is 0 Å². The SMILES string of the molecule is Cc1ccc(S(=O)(=O)n2c(CCCC#N)cc3ccccc32)cc1. The summed E-state index contributed by atoms with van der Waals surface area (Å²) < 4.78 is 27.8. The fourth-order valence-corrected chi connectivity index (χ4v) is 4.38. The summed E-state index contributed by atoms with van der Waals surface area (Å²) in [5.74, 6) is 0. The summed E-state index contributed by atoms with van der Waals surface area (Å²) in [6.07, 6.45) is 1.59. The number of para-hydroxylation sites is 1. The van der Waals surface area contributed by atoms with Gasteiger partial charge in [-0.25, -0.2) is 12.4 Å². The topological polar surface area (TPSA) is 62.9 Å². The van der Waals surface area contributed by atoms with Crippen molar-refractivity contribution in [1.82, 2.24) is 3.97 Å². The quantitative estimate of drug-likeness (QED) is 0.660. The standard InChI is InChI=1S/C19H18N2O2S/c1-15-9-11-18(12-10-15)24(22,23)21-17(7-4-5-13-20)14-16-6-2-3-8-19(16)21/h2-3,6,8-12,14H,4-5,7H2,1H3. The van der Waals surface area contributed by atoms with E-state index in [1.807, 2.05) is 37.3 Å². The molecule has 2 aromatic carbocycles. The first-order valence-electron chi connectivity index (χ1n) is 7.82. The Hall–Kier alpha value is -2.58. The van der Waals surface area contributed by atoms with Crippen LogP contribution in [0.3, 0.4) is 0 Å². The van der Waals surface area contributed by atoms with Gasteiger partial charge in [-0.3, -0.25) is 0 Å². The summed E-state index contributed by atoms with van der Waals surface area (Å²) >= 11 is 0. The molecule has 0 aliphatic heterocycles. The average Bonchev–Trinajstić information content (AvgIpc) is 2.94. The number of nitrogens with zero attached hydrogens (tertiary/aromatic N) is 2. The van der Waals surface area contributed by atoms with Crippen LogP contribution in [0.25, 0.3) is 10.9 Å². The predicted octanol–water partition coefficient (Wildman–Crippen LogP) is 4.03. The lowest BCUT2D eigenvalue weighted by Crippen LogP contribution is -2.15. The highest BCUT2D eigenvalue weighted by Gasteiger charge is 2.22. The fourth-order valence-electron chi connectivity index (χ4n) is 2.81. The van der Waals surface area contributed by atoms with Gasteiger partial charge in [0, 0.05) is 17.5 Å². The molecule has 0 atom stereocenters. The van der Waals surface area contributed by atoms with Crippen molar-refractivity contribution in [2.45, 2.75) is 31.1 Å². The van der Waals surface area contributed by atoms with Gasteiger partial charge in [-0.15, -0.1) is 0 Å². The molecule has 3 rings (SSSR count). The molecule has 1 aromatic heterocycles. The third-order valence-corrected chi connectivity index (χ3v) is 5.80. The van der Waals surface area contributed by atoms with Crippen molar-refractivity contribution in [2.24, 2.45) is 0 Å². The Kier molecular flexibility index (Phi) is 4.41. The number of nitriles is 1. The zero-order chi connectivity index (χ0) is 17.2. The minimum Gasteiger partial charge on any atom is -0.238 e. The lowest BCUT2D eigenvalue weighted by atomic mass is 10.2. The minimum atomic E-state index is -3.67. The number of hydrogen-bond acceptors (Lipinski definition) is 3. The minimum absolute atomic E-state index is 0.274. The third-order valence-electron chi connectivity index (χ3n) is 4.02. The van der Waals surface area contributed by atoms with Crippen LogP contribution in [0.2, 0.25) is 0 Å². The highest BCUT2D eigenvalue weighted by atomic mass is 32.2. The molecule has 0 saturated heterocycles. The molecular formula is C19H18N2O2S. The van der Waals surface area contributed by atoms with Crippen molar-refractivity contribution in [3.63, 3.8) is 0 Å². The van der Waals surface area contributed by atoms with Crippen LogP contribution in [-0.4, -0.2) is 12.4 Å². The molecular weight excluding hydrogens is 320 g/mol. The van der Waals surface area contributed by atoms with Crippen LogP contribution in [0.1, 0.15) is 24.1 Å². The molecule has 0 unspecified atom stereocenters. The second-order valence-electron chi connectivity index (χ2n) is 5.79. The highest BCUT2D eigenvalue weighted by molar-refractivity contribution is 7.90. The van der Waals surface area contributed by atoms with E-state index in [1.165, 1.54) is 3.97 Å². The Morgan fingerprint density at radius 3 is 2.50 bits per heavy atom. The molecule has 0 saturated carbocycles. The molecule has 24 heavy (non-hydrogen) atoms. The van der Waals surface area contributed by atoms with E-state index in [-0.39, 0.29) is 4.90 Å². The first kappa shape index (κ1) is 16.3. The zero-order valence-electron chi connectivity index (χ0n) is 13.4. The monoisotopic (exact) mass is 338 g/mol. The fraction of sp³-hybridized carbons (Fsp3) is 0.211. The second kappa shape index (κ2) is 6.50. The van der Waals surface area contributed by atoms with E-state index < -0.39 is 10.0 Å². The van der Waals surface area contributed by atoms with Gasteiger partial charge in [0.15, 0.2) is 0 Å². The van der Waals surface area contributed by atoms with Gasteiger partial charge in [-0.2, -0.15) is 5.26 Å². The van der Waals surface area contributed by atoms with Crippen LogP contribution in [0, 0.1) is 18.3 Å². The number of aryl methyl sites for hydroxylation is 2. The van der Waals surface area contributed by atoms with Crippen LogP contribution in [-0.2, 0) is 16.4 Å². The smallest absolute Gasteiger partial charge is 0.238 e. The third kappa shape index (κ3) is 2.93. The van der Waals surface area contributed by atoms with Crippen molar-refractivity contribution < 1.29 is 8.42 Å². The highest BCUT2D eigenvalue weighted by Crippen LogP contribution is 2.27. The average molecular weight is 338 g/mol. The number of rotatable bonds is 5. The van der Waals surface area contributed by atoms with E-state index in [0.717, 1.165) is 10.9 Å². The van der Waals surface area contributed by atoms with Gasteiger partial charge in [0.2, 0.25) is 0 Å². The Balaban J connectivity index is 2.17. The summed E-state index contributed by atoms with van der Waals surface area (Å²) in [6.45, 7) is 1.93. The van der Waals surface area contributed by atoms with Crippen LogP contribution in [0.15, 0.2) is 59.5 Å². The van der Waals surface area contributed by atoms with E-state index in [2.05, 4.69) is 6.07 Å². The van der Waals surface area contributed by atoms with Crippen LogP contribution in [0.5, 0.6) is 0 Å². The molecule has 0 amide bonds. The van der Waals surface area contributed by atoms with Gasteiger partial charge in [0.05, 0.1) is 16.5 Å². The lowest BCUT2D eigenvalue weighted by molar-refractivity contribution is 0.586. The van der Waals surface area contributed by atoms with Crippen LogP contribution >= 0.6 is 0 Å². The largest absolute Gasteiger partial charge is 0.268 e. The number of unbranched alkanes of at least 4 members (excludes halogenated alkanes) is 1. The molecule has 122 valence electrons. The van der Waals surface area contributed by atoms with Crippen molar-refractivity contribution in [3.05, 3.63) is 65.9 Å². The second-order valence-corrected chi connectivity index (χ2v) is 7.58. The maximum absolute atomic E-state index is 13.2. The van der Waals surface area contributed by atoms with Crippen molar-refractivity contribution in [1.29, 1.82) is 5.26 Å². The van der Waals surface area contributed by atoms with Crippen molar-refractivity contribution in [3.8, 4) is 6.07 Å². The Bertz CT molecular complexity index is 1010.